The summed E-state index contributed by atoms with van der Waals surface area (Å²) in [5, 5.41) is 0. The average molecular weight is 276 g/mol. The number of rotatable bonds is 2. The Morgan fingerprint density at radius 2 is 1.67 bits per heavy atom. The molecule has 1 unspecified atom stereocenters. The van der Waals surface area contributed by atoms with Crippen molar-refractivity contribution in [1.82, 2.24) is 0 Å². The van der Waals surface area contributed by atoms with E-state index in [-0.39, 0.29) is 5.92 Å². The van der Waals surface area contributed by atoms with Crippen LogP contribution in [0.2, 0.25) is 0 Å². The van der Waals surface area contributed by atoms with Gasteiger partial charge >= 0.3 is 0 Å². The second-order valence-corrected chi connectivity index (χ2v) is 6.34. The van der Waals surface area contributed by atoms with Crippen molar-refractivity contribution in [1.29, 1.82) is 0 Å². The average Bonchev–Trinajstić information content (AvgIpc) is 3.01. The maximum absolute atomic E-state index is 13.0. The summed E-state index contributed by atoms with van der Waals surface area (Å²) in [6.07, 6.45) is 6.78. The summed E-state index contributed by atoms with van der Waals surface area (Å²) in [6, 6.07) is 14.8. The van der Waals surface area contributed by atoms with E-state index in [1.165, 1.54) is 35.1 Å². The largest absolute Gasteiger partial charge is 0.293 e. The summed E-state index contributed by atoms with van der Waals surface area (Å²) in [5.74, 6) is 0.381. The Kier molecular flexibility index (Phi) is 3.14. The van der Waals surface area contributed by atoms with Crippen molar-refractivity contribution in [3.63, 3.8) is 0 Å². The number of ketones is 1. The molecule has 0 heterocycles. The number of fused-ring (bicyclic) bond motifs is 2. The van der Waals surface area contributed by atoms with Crippen molar-refractivity contribution in [2.75, 3.05) is 0 Å². The van der Waals surface area contributed by atoms with Gasteiger partial charge in [-0.3, -0.25) is 4.79 Å². The molecule has 0 fully saturated rings. The molecular weight excluding hydrogens is 256 g/mol. The van der Waals surface area contributed by atoms with Crippen molar-refractivity contribution in [2.45, 2.75) is 44.4 Å². The monoisotopic (exact) mass is 276 g/mol. The number of carbonyl (C=O) groups is 1. The number of benzene rings is 2. The van der Waals surface area contributed by atoms with Gasteiger partial charge in [0.05, 0.1) is 0 Å². The normalized spacial score (nSPS) is 19.9. The Morgan fingerprint density at radius 3 is 2.62 bits per heavy atom. The van der Waals surface area contributed by atoms with Crippen molar-refractivity contribution in [3.05, 3.63) is 70.3 Å². The van der Waals surface area contributed by atoms with Gasteiger partial charge in [0.15, 0.2) is 5.78 Å². The van der Waals surface area contributed by atoms with Crippen LogP contribution in [-0.2, 0) is 19.3 Å². The summed E-state index contributed by atoms with van der Waals surface area (Å²) in [5.41, 5.74) is 6.37. The summed E-state index contributed by atoms with van der Waals surface area (Å²) in [7, 11) is 0. The second kappa shape index (κ2) is 5.14. The van der Waals surface area contributed by atoms with Crippen LogP contribution in [-0.4, -0.2) is 5.78 Å². The van der Waals surface area contributed by atoms with Crippen molar-refractivity contribution < 1.29 is 4.79 Å². The molecule has 0 amide bonds. The first-order valence-corrected chi connectivity index (χ1v) is 8.07. The summed E-state index contributed by atoms with van der Waals surface area (Å²) < 4.78 is 0. The highest BCUT2D eigenvalue weighted by molar-refractivity contribution is 6.01. The van der Waals surface area contributed by atoms with E-state index >= 15 is 0 Å². The van der Waals surface area contributed by atoms with E-state index in [2.05, 4.69) is 36.4 Å². The van der Waals surface area contributed by atoms with Crippen LogP contribution < -0.4 is 0 Å². The van der Waals surface area contributed by atoms with E-state index in [4.69, 9.17) is 0 Å². The molecule has 2 aliphatic rings. The standard InChI is InChI=1S/C20H20O/c21-20(17-12-11-14-6-3-8-16(14)13-17)19-10-4-7-15-5-1-2-9-18(15)19/h1-2,5,9,11-13,19H,3-4,6-8,10H2. The molecule has 0 radical (unpaired) electrons. The van der Waals surface area contributed by atoms with E-state index in [0.717, 1.165) is 31.2 Å². The SMILES string of the molecule is O=C(c1ccc2c(c1)CCC2)C1CCCc2ccccc21. The molecule has 1 nitrogen and oxygen atoms in total. The fourth-order valence-electron chi connectivity index (χ4n) is 3.95. The lowest BCUT2D eigenvalue weighted by Gasteiger charge is -2.24. The number of hydrogen-bond donors (Lipinski definition) is 0. The predicted molar refractivity (Wildman–Crippen MR) is 84.9 cm³/mol. The molecule has 1 heteroatoms. The van der Waals surface area contributed by atoms with Gasteiger partial charge in [0, 0.05) is 11.5 Å². The van der Waals surface area contributed by atoms with E-state index < -0.39 is 0 Å². The summed E-state index contributed by atoms with van der Waals surface area (Å²) in [6.45, 7) is 0. The number of aryl methyl sites for hydroxylation is 3. The van der Waals surface area contributed by atoms with Gasteiger partial charge in [0.1, 0.15) is 0 Å². The molecule has 0 spiro atoms. The minimum absolute atomic E-state index is 0.0643. The molecule has 0 saturated heterocycles. The van der Waals surface area contributed by atoms with Gasteiger partial charge in [0.2, 0.25) is 0 Å². The lowest BCUT2D eigenvalue weighted by Crippen LogP contribution is -2.18. The molecule has 0 aliphatic heterocycles. The Bertz CT molecular complexity index is 699. The smallest absolute Gasteiger partial charge is 0.170 e. The molecule has 0 saturated carbocycles. The second-order valence-electron chi connectivity index (χ2n) is 6.34. The van der Waals surface area contributed by atoms with Gasteiger partial charge in [-0.1, -0.05) is 36.4 Å². The maximum atomic E-state index is 13.0. The molecule has 106 valence electrons. The lowest BCUT2D eigenvalue weighted by molar-refractivity contribution is 0.0951. The van der Waals surface area contributed by atoms with Crippen LogP contribution in [0.15, 0.2) is 42.5 Å². The number of hydrogen-bond acceptors (Lipinski definition) is 1. The molecule has 2 aromatic carbocycles. The van der Waals surface area contributed by atoms with Crippen LogP contribution in [0.5, 0.6) is 0 Å². The van der Waals surface area contributed by atoms with Gasteiger partial charge in [-0.2, -0.15) is 0 Å². The zero-order chi connectivity index (χ0) is 14.2. The maximum Gasteiger partial charge on any atom is 0.170 e. The first-order valence-electron chi connectivity index (χ1n) is 8.07. The zero-order valence-electron chi connectivity index (χ0n) is 12.3. The van der Waals surface area contributed by atoms with Crippen molar-refractivity contribution in [3.8, 4) is 0 Å². The van der Waals surface area contributed by atoms with E-state index in [1.54, 1.807) is 0 Å². The van der Waals surface area contributed by atoms with Crippen LogP contribution in [0.4, 0.5) is 0 Å². The number of Topliss-reactive ketones (excluding diaryl/α,β-unsaturated/α-hetero) is 1. The van der Waals surface area contributed by atoms with Gasteiger partial charge in [0.25, 0.3) is 0 Å². The molecule has 2 aliphatic carbocycles. The van der Waals surface area contributed by atoms with Crippen LogP contribution in [0.3, 0.4) is 0 Å². The van der Waals surface area contributed by atoms with Gasteiger partial charge in [-0.15, -0.1) is 0 Å². The van der Waals surface area contributed by atoms with Gasteiger partial charge in [-0.25, -0.2) is 0 Å². The van der Waals surface area contributed by atoms with Crippen LogP contribution in [0.25, 0.3) is 0 Å². The van der Waals surface area contributed by atoms with Crippen LogP contribution >= 0.6 is 0 Å². The highest BCUT2D eigenvalue weighted by Gasteiger charge is 2.27. The van der Waals surface area contributed by atoms with Gasteiger partial charge in [-0.05, 0) is 66.8 Å². The lowest BCUT2D eigenvalue weighted by atomic mass is 9.78. The quantitative estimate of drug-likeness (QED) is 0.739. The summed E-state index contributed by atoms with van der Waals surface area (Å²) >= 11 is 0. The highest BCUT2D eigenvalue weighted by atomic mass is 16.1. The van der Waals surface area contributed by atoms with E-state index in [9.17, 15) is 4.79 Å². The Hall–Kier alpha value is -1.89. The van der Waals surface area contributed by atoms with E-state index in [0.29, 0.717) is 5.78 Å². The zero-order valence-corrected chi connectivity index (χ0v) is 12.3. The topological polar surface area (TPSA) is 17.1 Å². The third kappa shape index (κ3) is 2.21. The van der Waals surface area contributed by atoms with Crippen LogP contribution in [0.1, 0.15) is 57.8 Å². The first-order chi connectivity index (χ1) is 10.3. The fraction of sp³-hybridized carbons (Fsp3) is 0.350. The highest BCUT2D eigenvalue weighted by Crippen LogP contribution is 2.34. The number of carbonyl (C=O) groups excluding carboxylic acids is 1. The van der Waals surface area contributed by atoms with E-state index in [1.807, 2.05) is 6.07 Å². The van der Waals surface area contributed by atoms with Gasteiger partial charge < -0.3 is 0 Å². The Labute approximate surface area is 126 Å². The minimum atomic E-state index is 0.0643. The molecule has 0 N–H and O–H groups in total. The predicted octanol–water partition coefficient (Wildman–Crippen LogP) is 4.48. The molecule has 21 heavy (non-hydrogen) atoms. The third-order valence-corrected chi connectivity index (χ3v) is 5.07. The molecule has 4 rings (SSSR count). The first kappa shape index (κ1) is 12.8. The molecule has 0 aromatic heterocycles. The Balaban J connectivity index is 1.70. The molecule has 2 aromatic rings. The minimum Gasteiger partial charge on any atom is -0.293 e. The van der Waals surface area contributed by atoms with Crippen LogP contribution in [0, 0.1) is 0 Å². The molecular formula is C20H20O. The third-order valence-electron chi connectivity index (χ3n) is 5.07. The Morgan fingerprint density at radius 1 is 0.857 bits per heavy atom. The molecule has 1 atom stereocenters. The van der Waals surface area contributed by atoms with Crippen molar-refractivity contribution in [2.24, 2.45) is 0 Å². The fourth-order valence-corrected chi connectivity index (χ4v) is 3.95. The molecule has 0 bridgehead atoms. The summed E-state index contributed by atoms with van der Waals surface area (Å²) in [4.78, 5) is 13.0. The van der Waals surface area contributed by atoms with Crippen molar-refractivity contribution >= 4 is 5.78 Å².